The van der Waals surface area contributed by atoms with Crippen LogP contribution in [0.15, 0.2) is 18.3 Å². The molecule has 1 amide bonds. The Morgan fingerprint density at radius 1 is 1.35 bits per heavy atom. The van der Waals surface area contributed by atoms with Gasteiger partial charge in [0.05, 0.1) is 19.2 Å². The van der Waals surface area contributed by atoms with Crippen LogP contribution >= 0.6 is 0 Å². The van der Waals surface area contributed by atoms with E-state index in [2.05, 4.69) is 22.0 Å². The zero-order valence-electron chi connectivity index (χ0n) is 13.4. The molecule has 122 valence electrons. The topological polar surface area (TPSA) is 69.5 Å². The fourth-order valence-corrected chi connectivity index (χ4v) is 3.19. The highest BCUT2D eigenvalue weighted by Gasteiger charge is 2.31. The number of hydrogen-bond acceptors (Lipinski definition) is 5. The summed E-state index contributed by atoms with van der Waals surface area (Å²) in [7, 11) is 0. The highest BCUT2D eigenvalue weighted by atomic mass is 16.5. The minimum absolute atomic E-state index is 0.0501. The van der Waals surface area contributed by atoms with Crippen molar-refractivity contribution in [1.29, 1.82) is 5.26 Å². The summed E-state index contributed by atoms with van der Waals surface area (Å²) in [6.07, 6.45) is 3.07. The second-order valence-electron chi connectivity index (χ2n) is 6.23. The van der Waals surface area contributed by atoms with E-state index < -0.39 is 6.10 Å². The Labute approximate surface area is 136 Å². The number of nitrogens with zero attached hydrogens (tertiary/aromatic N) is 4. The first-order valence-electron chi connectivity index (χ1n) is 8.15. The van der Waals surface area contributed by atoms with Crippen LogP contribution in [0.25, 0.3) is 0 Å². The number of rotatable bonds is 2. The summed E-state index contributed by atoms with van der Waals surface area (Å²) in [6.45, 7) is 5.16. The number of carbonyl (C=O) groups is 1. The molecule has 3 heterocycles. The number of aryl methyl sites for hydroxylation is 1. The second-order valence-corrected chi connectivity index (χ2v) is 6.23. The monoisotopic (exact) mass is 314 g/mol. The summed E-state index contributed by atoms with van der Waals surface area (Å²) < 4.78 is 5.31. The van der Waals surface area contributed by atoms with Crippen LogP contribution in [0.1, 0.15) is 18.4 Å². The van der Waals surface area contributed by atoms with E-state index in [0.717, 1.165) is 37.3 Å². The standard InChI is InChI=1S/C17H22N4O2/c1-13-2-3-16(19-11-13)20-6-4-14(5-7-20)17(22)21-8-9-23-15(10-18)12-21/h2-3,11,14-15H,4-9,12H2,1H3. The molecule has 2 fully saturated rings. The number of nitriles is 1. The lowest BCUT2D eigenvalue weighted by molar-refractivity contribution is -0.142. The predicted molar refractivity (Wildman–Crippen MR) is 85.8 cm³/mol. The lowest BCUT2D eigenvalue weighted by Crippen LogP contribution is -2.49. The van der Waals surface area contributed by atoms with Crippen molar-refractivity contribution in [2.75, 3.05) is 37.7 Å². The molecule has 0 spiro atoms. The van der Waals surface area contributed by atoms with E-state index in [1.165, 1.54) is 0 Å². The van der Waals surface area contributed by atoms with Gasteiger partial charge in [0.2, 0.25) is 5.91 Å². The SMILES string of the molecule is Cc1ccc(N2CCC(C(=O)N3CCOC(C#N)C3)CC2)nc1. The average Bonchev–Trinajstić information content (AvgIpc) is 2.62. The number of anilines is 1. The molecular weight excluding hydrogens is 292 g/mol. The first-order valence-corrected chi connectivity index (χ1v) is 8.15. The normalized spacial score (nSPS) is 22.7. The molecule has 1 aromatic rings. The Morgan fingerprint density at radius 3 is 2.78 bits per heavy atom. The van der Waals surface area contributed by atoms with Crippen molar-refractivity contribution in [2.45, 2.75) is 25.9 Å². The lowest BCUT2D eigenvalue weighted by atomic mass is 9.95. The third-order valence-electron chi connectivity index (χ3n) is 4.59. The Bertz CT molecular complexity index is 588. The van der Waals surface area contributed by atoms with E-state index in [-0.39, 0.29) is 11.8 Å². The zero-order chi connectivity index (χ0) is 16.2. The van der Waals surface area contributed by atoms with Gasteiger partial charge >= 0.3 is 0 Å². The molecule has 0 radical (unpaired) electrons. The Hall–Kier alpha value is -2.13. The number of morpholine rings is 1. The Balaban J connectivity index is 1.55. The maximum atomic E-state index is 12.6. The summed E-state index contributed by atoms with van der Waals surface area (Å²) in [4.78, 5) is 21.1. The first-order chi connectivity index (χ1) is 11.2. The molecule has 2 aliphatic rings. The predicted octanol–water partition coefficient (Wildman–Crippen LogP) is 1.36. The molecule has 23 heavy (non-hydrogen) atoms. The van der Waals surface area contributed by atoms with E-state index in [9.17, 15) is 4.79 Å². The summed E-state index contributed by atoms with van der Waals surface area (Å²) >= 11 is 0. The van der Waals surface area contributed by atoms with Gasteiger partial charge in [-0.3, -0.25) is 4.79 Å². The smallest absolute Gasteiger partial charge is 0.226 e. The van der Waals surface area contributed by atoms with Gasteiger partial charge in [0.1, 0.15) is 5.82 Å². The van der Waals surface area contributed by atoms with Crippen LogP contribution < -0.4 is 4.90 Å². The molecule has 6 nitrogen and oxygen atoms in total. The molecule has 1 aromatic heterocycles. The minimum Gasteiger partial charge on any atom is -0.360 e. The van der Waals surface area contributed by atoms with Crippen molar-refractivity contribution in [3.8, 4) is 6.07 Å². The van der Waals surface area contributed by atoms with Crippen LogP contribution in [0, 0.1) is 24.2 Å². The number of hydrogen-bond donors (Lipinski definition) is 0. The van der Waals surface area contributed by atoms with Crippen LogP contribution in [0.2, 0.25) is 0 Å². The average molecular weight is 314 g/mol. The molecule has 2 saturated heterocycles. The highest BCUT2D eigenvalue weighted by molar-refractivity contribution is 5.79. The van der Waals surface area contributed by atoms with Gasteiger partial charge in [0, 0.05) is 31.7 Å². The molecular formula is C17H22N4O2. The highest BCUT2D eigenvalue weighted by Crippen LogP contribution is 2.24. The Kier molecular flexibility index (Phi) is 4.77. The lowest BCUT2D eigenvalue weighted by Gasteiger charge is -2.36. The molecule has 1 atom stereocenters. The van der Waals surface area contributed by atoms with Crippen molar-refractivity contribution in [1.82, 2.24) is 9.88 Å². The van der Waals surface area contributed by atoms with Gasteiger partial charge in [0.25, 0.3) is 0 Å². The van der Waals surface area contributed by atoms with Crippen molar-refractivity contribution in [3.63, 3.8) is 0 Å². The van der Waals surface area contributed by atoms with E-state index in [1.807, 2.05) is 19.2 Å². The molecule has 0 bridgehead atoms. The van der Waals surface area contributed by atoms with Crippen molar-refractivity contribution in [2.24, 2.45) is 5.92 Å². The third kappa shape index (κ3) is 3.62. The molecule has 0 aliphatic carbocycles. The quantitative estimate of drug-likeness (QED) is 0.824. The maximum absolute atomic E-state index is 12.6. The van der Waals surface area contributed by atoms with Gasteiger partial charge in [-0.15, -0.1) is 0 Å². The number of piperidine rings is 1. The third-order valence-corrected chi connectivity index (χ3v) is 4.59. The van der Waals surface area contributed by atoms with E-state index in [0.29, 0.717) is 19.7 Å². The zero-order valence-corrected chi connectivity index (χ0v) is 13.4. The van der Waals surface area contributed by atoms with E-state index in [1.54, 1.807) is 4.90 Å². The summed E-state index contributed by atoms with van der Waals surface area (Å²) in [5.41, 5.74) is 1.15. The molecule has 2 aliphatic heterocycles. The van der Waals surface area contributed by atoms with Crippen LogP contribution in [0.3, 0.4) is 0 Å². The van der Waals surface area contributed by atoms with Crippen molar-refractivity contribution >= 4 is 11.7 Å². The van der Waals surface area contributed by atoms with Gasteiger partial charge in [0.15, 0.2) is 6.10 Å². The van der Waals surface area contributed by atoms with E-state index in [4.69, 9.17) is 10.00 Å². The van der Waals surface area contributed by atoms with Crippen LogP contribution in [0.5, 0.6) is 0 Å². The largest absolute Gasteiger partial charge is 0.360 e. The van der Waals surface area contributed by atoms with Gasteiger partial charge in [-0.1, -0.05) is 6.07 Å². The number of pyridine rings is 1. The van der Waals surface area contributed by atoms with Crippen LogP contribution in [-0.4, -0.2) is 54.7 Å². The molecule has 0 aromatic carbocycles. The van der Waals surface area contributed by atoms with Gasteiger partial charge in [-0.05, 0) is 31.4 Å². The summed E-state index contributed by atoms with van der Waals surface area (Å²) in [5.74, 6) is 1.21. The Morgan fingerprint density at radius 2 is 2.13 bits per heavy atom. The van der Waals surface area contributed by atoms with Gasteiger partial charge in [-0.25, -0.2) is 4.98 Å². The fraction of sp³-hybridized carbons (Fsp3) is 0.588. The molecule has 1 unspecified atom stereocenters. The molecule has 3 rings (SSSR count). The fourth-order valence-electron chi connectivity index (χ4n) is 3.19. The van der Waals surface area contributed by atoms with Crippen molar-refractivity contribution in [3.05, 3.63) is 23.9 Å². The summed E-state index contributed by atoms with van der Waals surface area (Å²) in [6, 6.07) is 6.20. The van der Waals surface area contributed by atoms with E-state index >= 15 is 0 Å². The number of amides is 1. The van der Waals surface area contributed by atoms with Crippen LogP contribution in [-0.2, 0) is 9.53 Å². The second kappa shape index (κ2) is 6.97. The number of carbonyl (C=O) groups excluding carboxylic acids is 1. The van der Waals surface area contributed by atoms with Crippen molar-refractivity contribution < 1.29 is 9.53 Å². The molecule has 0 N–H and O–H groups in total. The maximum Gasteiger partial charge on any atom is 0.226 e. The number of aromatic nitrogens is 1. The number of ether oxygens (including phenoxy) is 1. The van der Waals surface area contributed by atoms with Crippen LogP contribution in [0.4, 0.5) is 5.82 Å². The minimum atomic E-state index is -0.482. The van der Waals surface area contributed by atoms with Gasteiger partial charge in [-0.2, -0.15) is 5.26 Å². The molecule has 6 heteroatoms. The molecule has 0 saturated carbocycles. The van der Waals surface area contributed by atoms with Gasteiger partial charge < -0.3 is 14.5 Å². The first kappa shape index (κ1) is 15.8. The summed E-state index contributed by atoms with van der Waals surface area (Å²) in [5, 5.41) is 8.95.